The second kappa shape index (κ2) is 7.80. The first kappa shape index (κ1) is 18.3. The molecule has 0 saturated carbocycles. The number of thioether (sulfide) groups is 1. The van der Waals surface area contributed by atoms with E-state index in [4.69, 9.17) is 20.8 Å². The topological polar surface area (TPSA) is 76.8 Å². The zero-order valence-corrected chi connectivity index (χ0v) is 15.3. The highest BCUT2D eigenvalue weighted by Crippen LogP contribution is 2.33. The van der Waals surface area contributed by atoms with Crippen molar-refractivity contribution in [3.05, 3.63) is 52.1 Å². The Bertz CT molecular complexity index is 887. The van der Waals surface area contributed by atoms with Crippen molar-refractivity contribution in [2.75, 3.05) is 13.2 Å². The van der Waals surface area contributed by atoms with Gasteiger partial charge in [0.2, 0.25) is 0 Å². The number of hydrogen-bond acceptors (Lipinski definition) is 6. The number of halogens is 1. The molecule has 0 N–H and O–H groups in total. The molecule has 8 heteroatoms. The number of imide groups is 1. The third-order valence-corrected chi connectivity index (χ3v) is 4.65. The lowest BCUT2D eigenvalue weighted by Crippen LogP contribution is -2.34. The minimum absolute atomic E-state index is 0.185. The van der Waals surface area contributed by atoms with Crippen LogP contribution in [-0.2, 0) is 14.3 Å². The molecule has 0 aliphatic carbocycles. The molecule has 2 amide bonds. The monoisotopic (exact) mass is 391 g/mol. The van der Waals surface area contributed by atoms with Crippen LogP contribution in [-0.4, -0.2) is 35.2 Å². The first-order valence-corrected chi connectivity index (χ1v) is 8.94. The molecule has 3 rings (SSSR count). The lowest BCUT2D eigenvalue weighted by molar-refractivity contribution is -0.145. The molecule has 1 fully saturated rings. The Balaban J connectivity index is 1.76. The van der Waals surface area contributed by atoms with Gasteiger partial charge in [0, 0.05) is 16.7 Å². The van der Waals surface area contributed by atoms with Crippen LogP contribution in [0.15, 0.2) is 45.7 Å². The molecule has 6 nitrogen and oxygen atoms in total. The van der Waals surface area contributed by atoms with Crippen LogP contribution < -0.4 is 0 Å². The van der Waals surface area contributed by atoms with Gasteiger partial charge in [0.1, 0.15) is 18.1 Å². The van der Waals surface area contributed by atoms with E-state index in [0.717, 1.165) is 22.2 Å². The summed E-state index contributed by atoms with van der Waals surface area (Å²) >= 11 is 6.62. The van der Waals surface area contributed by atoms with Crippen LogP contribution >= 0.6 is 23.4 Å². The van der Waals surface area contributed by atoms with E-state index in [-0.39, 0.29) is 11.5 Å². The van der Waals surface area contributed by atoms with Crippen LogP contribution in [0.2, 0.25) is 5.02 Å². The predicted octanol–water partition coefficient (Wildman–Crippen LogP) is 4.20. The molecule has 134 valence electrons. The van der Waals surface area contributed by atoms with Gasteiger partial charge in [-0.25, -0.2) is 0 Å². The number of furan rings is 1. The highest BCUT2D eigenvalue weighted by Gasteiger charge is 2.36. The maximum Gasteiger partial charge on any atom is 0.326 e. The molecule has 1 aliphatic heterocycles. The summed E-state index contributed by atoms with van der Waals surface area (Å²) in [6.07, 6.45) is 1.48. The summed E-state index contributed by atoms with van der Waals surface area (Å²) in [5.74, 6) is -0.133. The van der Waals surface area contributed by atoms with Crippen molar-refractivity contribution in [3.63, 3.8) is 0 Å². The molecule has 0 radical (unpaired) electrons. The third kappa shape index (κ3) is 4.00. The number of esters is 1. The van der Waals surface area contributed by atoms with Crippen LogP contribution in [0, 0.1) is 0 Å². The van der Waals surface area contributed by atoms with E-state index < -0.39 is 23.7 Å². The maximum absolute atomic E-state index is 12.3. The highest BCUT2D eigenvalue weighted by molar-refractivity contribution is 8.18. The minimum atomic E-state index is -0.626. The molecule has 1 aliphatic rings. The SMILES string of the molecule is CCOC(=O)CN1C(=O)S/C(=C/c2ccc(-c3ccc(Cl)cc3)o2)C1=O. The lowest BCUT2D eigenvalue weighted by atomic mass is 10.2. The zero-order chi connectivity index (χ0) is 18.7. The number of ether oxygens (including phenoxy) is 1. The van der Waals surface area contributed by atoms with Crippen molar-refractivity contribution in [1.82, 2.24) is 4.90 Å². The number of hydrogen-bond donors (Lipinski definition) is 0. The number of benzene rings is 1. The minimum Gasteiger partial charge on any atom is -0.465 e. The Labute approximate surface area is 158 Å². The number of nitrogens with zero attached hydrogens (tertiary/aromatic N) is 1. The van der Waals surface area contributed by atoms with Crippen molar-refractivity contribution in [2.24, 2.45) is 0 Å². The zero-order valence-electron chi connectivity index (χ0n) is 13.7. The van der Waals surface area contributed by atoms with Crippen LogP contribution in [0.25, 0.3) is 17.4 Å². The van der Waals surface area contributed by atoms with Gasteiger partial charge >= 0.3 is 5.97 Å². The van der Waals surface area contributed by atoms with Crippen molar-refractivity contribution < 1.29 is 23.5 Å². The molecule has 0 unspecified atom stereocenters. The van der Waals surface area contributed by atoms with Gasteiger partial charge < -0.3 is 9.15 Å². The van der Waals surface area contributed by atoms with Gasteiger partial charge in [0.25, 0.3) is 11.1 Å². The molecule has 2 heterocycles. The summed E-state index contributed by atoms with van der Waals surface area (Å²) in [7, 11) is 0. The molecule has 0 atom stereocenters. The Morgan fingerprint density at radius 3 is 2.65 bits per heavy atom. The first-order chi connectivity index (χ1) is 12.5. The van der Waals surface area contributed by atoms with Crippen LogP contribution in [0.4, 0.5) is 4.79 Å². The number of rotatable bonds is 5. The summed E-state index contributed by atoms with van der Waals surface area (Å²) in [5.41, 5.74) is 0.837. The number of carbonyl (C=O) groups excluding carboxylic acids is 3. The Morgan fingerprint density at radius 1 is 1.23 bits per heavy atom. The van der Waals surface area contributed by atoms with Gasteiger partial charge in [-0.05, 0) is 55.1 Å². The summed E-state index contributed by atoms with van der Waals surface area (Å²) in [6.45, 7) is 1.44. The predicted molar refractivity (Wildman–Crippen MR) is 98.5 cm³/mol. The highest BCUT2D eigenvalue weighted by atomic mass is 35.5. The van der Waals surface area contributed by atoms with Crippen LogP contribution in [0.5, 0.6) is 0 Å². The van der Waals surface area contributed by atoms with E-state index in [1.54, 1.807) is 31.2 Å². The van der Waals surface area contributed by atoms with E-state index in [1.807, 2.05) is 12.1 Å². The molecular weight excluding hydrogens is 378 g/mol. The first-order valence-electron chi connectivity index (χ1n) is 7.74. The summed E-state index contributed by atoms with van der Waals surface area (Å²) < 4.78 is 10.5. The van der Waals surface area contributed by atoms with E-state index in [9.17, 15) is 14.4 Å². The van der Waals surface area contributed by atoms with Gasteiger partial charge in [0.15, 0.2) is 0 Å². The molecule has 26 heavy (non-hydrogen) atoms. The molecular formula is C18H14ClNO5S. The van der Waals surface area contributed by atoms with Crippen molar-refractivity contribution in [1.29, 1.82) is 0 Å². The second-order valence-corrected chi connectivity index (χ2v) is 6.71. The quantitative estimate of drug-likeness (QED) is 0.561. The van der Waals surface area contributed by atoms with Gasteiger partial charge in [-0.2, -0.15) is 0 Å². The maximum atomic E-state index is 12.3. The van der Waals surface area contributed by atoms with Crippen molar-refractivity contribution in [2.45, 2.75) is 6.92 Å². The fourth-order valence-electron chi connectivity index (χ4n) is 2.30. The fraction of sp³-hybridized carbons (Fsp3) is 0.167. The molecule has 0 bridgehead atoms. The molecule has 1 aromatic carbocycles. The Kier molecular flexibility index (Phi) is 5.49. The van der Waals surface area contributed by atoms with Gasteiger partial charge in [0.05, 0.1) is 11.5 Å². The summed E-state index contributed by atoms with van der Waals surface area (Å²) in [4.78, 5) is 36.9. The van der Waals surface area contributed by atoms with Crippen LogP contribution in [0.1, 0.15) is 12.7 Å². The smallest absolute Gasteiger partial charge is 0.326 e. The van der Waals surface area contributed by atoms with Gasteiger partial charge in [-0.15, -0.1) is 0 Å². The second-order valence-electron chi connectivity index (χ2n) is 5.28. The number of amides is 2. The fourth-order valence-corrected chi connectivity index (χ4v) is 3.25. The third-order valence-electron chi connectivity index (χ3n) is 3.50. The van der Waals surface area contributed by atoms with Gasteiger partial charge in [-0.1, -0.05) is 11.6 Å². The van der Waals surface area contributed by atoms with Crippen molar-refractivity contribution >= 4 is 46.6 Å². The molecule has 0 spiro atoms. The standard InChI is InChI=1S/C18H14ClNO5S/c1-2-24-16(21)10-20-17(22)15(26-18(20)23)9-13-7-8-14(25-13)11-3-5-12(19)6-4-11/h3-9H,2,10H2,1H3/b15-9+. The summed E-state index contributed by atoms with van der Waals surface area (Å²) in [6, 6.07) is 10.6. The average molecular weight is 392 g/mol. The van der Waals surface area contributed by atoms with E-state index in [0.29, 0.717) is 16.5 Å². The molecule has 2 aromatic rings. The van der Waals surface area contributed by atoms with Crippen LogP contribution in [0.3, 0.4) is 0 Å². The van der Waals surface area contributed by atoms with E-state index in [2.05, 4.69) is 0 Å². The number of carbonyl (C=O) groups is 3. The Morgan fingerprint density at radius 2 is 1.96 bits per heavy atom. The molecule has 1 aromatic heterocycles. The lowest BCUT2D eigenvalue weighted by Gasteiger charge is -2.10. The van der Waals surface area contributed by atoms with Crippen molar-refractivity contribution in [3.8, 4) is 11.3 Å². The molecule has 1 saturated heterocycles. The van der Waals surface area contributed by atoms with E-state index in [1.165, 1.54) is 6.08 Å². The summed E-state index contributed by atoms with van der Waals surface area (Å²) in [5, 5.41) is 0.106. The van der Waals surface area contributed by atoms with E-state index >= 15 is 0 Å². The average Bonchev–Trinajstić information content (AvgIpc) is 3.17. The normalized spacial score (nSPS) is 15.8. The Hall–Kier alpha value is -2.51. The largest absolute Gasteiger partial charge is 0.465 e. The van der Waals surface area contributed by atoms with Gasteiger partial charge in [-0.3, -0.25) is 19.3 Å².